The van der Waals surface area contributed by atoms with Gasteiger partial charge in [0.2, 0.25) is 5.91 Å². The quantitative estimate of drug-likeness (QED) is 0.852. The van der Waals surface area contributed by atoms with E-state index in [1.807, 2.05) is 43.9 Å². The molecule has 1 aromatic carbocycles. The normalized spacial score (nSPS) is 14.9. The number of carbonyl (C=O) groups excluding carboxylic acids is 2. The van der Waals surface area contributed by atoms with E-state index in [-0.39, 0.29) is 18.4 Å². The van der Waals surface area contributed by atoms with Gasteiger partial charge < -0.3 is 14.5 Å². The SMILES string of the molecule is CCC(=O)N1CCN(C(=O)COc2ccc(C)c(C)c2)CC1. The minimum Gasteiger partial charge on any atom is -0.484 e. The zero-order valence-corrected chi connectivity index (χ0v) is 13.6. The van der Waals surface area contributed by atoms with Crippen molar-refractivity contribution in [3.63, 3.8) is 0 Å². The second-order valence-corrected chi connectivity index (χ2v) is 5.65. The Kier molecular flexibility index (Phi) is 5.41. The fraction of sp³-hybridized carbons (Fsp3) is 0.529. The first kappa shape index (κ1) is 16.3. The van der Waals surface area contributed by atoms with Crippen LogP contribution >= 0.6 is 0 Å². The zero-order valence-electron chi connectivity index (χ0n) is 13.6. The van der Waals surface area contributed by atoms with E-state index in [0.29, 0.717) is 32.6 Å². The molecule has 0 aromatic heterocycles. The van der Waals surface area contributed by atoms with Crippen molar-refractivity contribution in [1.29, 1.82) is 0 Å². The third-order valence-corrected chi connectivity index (χ3v) is 4.13. The molecule has 1 aliphatic rings. The van der Waals surface area contributed by atoms with Crippen LogP contribution < -0.4 is 4.74 Å². The number of hydrogen-bond acceptors (Lipinski definition) is 3. The molecule has 1 heterocycles. The molecule has 2 rings (SSSR count). The van der Waals surface area contributed by atoms with Gasteiger partial charge >= 0.3 is 0 Å². The van der Waals surface area contributed by atoms with E-state index in [1.54, 1.807) is 4.90 Å². The maximum atomic E-state index is 12.2. The van der Waals surface area contributed by atoms with Crippen LogP contribution in [0.2, 0.25) is 0 Å². The Hall–Kier alpha value is -2.04. The first-order chi connectivity index (χ1) is 10.5. The molecule has 22 heavy (non-hydrogen) atoms. The lowest BCUT2D eigenvalue weighted by atomic mass is 10.1. The van der Waals surface area contributed by atoms with Gasteiger partial charge in [0, 0.05) is 32.6 Å². The highest BCUT2D eigenvalue weighted by atomic mass is 16.5. The highest BCUT2D eigenvalue weighted by Gasteiger charge is 2.23. The Morgan fingerprint density at radius 1 is 1.00 bits per heavy atom. The van der Waals surface area contributed by atoms with Crippen molar-refractivity contribution in [2.24, 2.45) is 0 Å². The van der Waals surface area contributed by atoms with Gasteiger partial charge in [0.05, 0.1) is 0 Å². The van der Waals surface area contributed by atoms with E-state index in [1.165, 1.54) is 5.56 Å². The van der Waals surface area contributed by atoms with Crippen molar-refractivity contribution >= 4 is 11.8 Å². The molecule has 1 aromatic rings. The van der Waals surface area contributed by atoms with Crippen LogP contribution in [-0.2, 0) is 9.59 Å². The van der Waals surface area contributed by atoms with E-state index in [0.717, 1.165) is 11.3 Å². The van der Waals surface area contributed by atoms with Crippen molar-refractivity contribution in [3.8, 4) is 5.75 Å². The van der Waals surface area contributed by atoms with Gasteiger partial charge in [-0.25, -0.2) is 0 Å². The van der Waals surface area contributed by atoms with Gasteiger partial charge in [0.1, 0.15) is 5.75 Å². The van der Waals surface area contributed by atoms with E-state index in [2.05, 4.69) is 0 Å². The first-order valence-corrected chi connectivity index (χ1v) is 7.77. The van der Waals surface area contributed by atoms with Gasteiger partial charge in [-0.2, -0.15) is 0 Å². The lowest BCUT2D eigenvalue weighted by Crippen LogP contribution is -2.51. The second-order valence-electron chi connectivity index (χ2n) is 5.65. The maximum absolute atomic E-state index is 12.2. The molecule has 5 nitrogen and oxygen atoms in total. The van der Waals surface area contributed by atoms with Crippen molar-refractivity contribution in [2.75, 3.05) is 32.8 Å². The summed E-state index contributed by atoms with van der Waals surface area (Å²) in [5.74, 6) is 0.844. The minimum atomic E-state index is -0.0261. The number of carbonyl (C=O) groups is 2. The summed E-state index contributed by atoms with van der Waals surface area (Å²) in [4.78, 5) is 27.4. The van der Waals surface area contributed by atoms with Crippen LogP contribution in [0.4, 0.5) is 0 Å². The summed E-state index contributed by atoms with van der Waals surface area (Å²) in [6.07, 6.45) is 0.518. The van der Waals surface area contributed by atoms with Crippen LogP contribution in [0.25, 0.3) is 0 Å². The molecular weight excluding hydrogens is 280 g/mol. The molecule has 0 radical (unpaired) electrons. The number of amides is 2. The molecule has 1 aliphatic heterocycles. The summed E-state index contributed by atoms with van der Waals surface area (Å²) in [7, 11) is 0. The van der Waals surface area contributed by atoms with Gasteiger partial charge in [-0.05, 0) is 37.1 Å². The molecule has 2 amide bonds. The van der Waals surface area contributed by atoms with Crippen LogP contribution in [0.1, 0.15) is 24.5 Å². The number of ether oxygens (including phenoxy) is 1. The van der Waals surface area contributed by atoms with Crippen LogP contribution in [-0.4, -0.2) is 54.4 Å². The molecule has 1 saturated heterocycles. The first-order valence-electron chi connectivity index (χ1n) is 7.77. The van der Waals surface area contributed by atoms with Crippen LogP contribution in [0, 0.1) is 13.8 Å². The van der Waals surface area contributed by atoms with E-state index < -0.39 is 0 Å². The monoisotopic (exact) mass is 304 g/mol. The van der Waals surface area contributed by atoms with Crippen LogP contribution in [0.5, 0.6) is 5.75 Å². The summed E-state index contributed by atoms with van der Waals surface area (Å²) in [6.45, 7) is 8.36. The van der Waals surface area contributed by atoms with Gasteiger partial charge in [-0.15, -0.1) is 0 Å². The summed E-state index contributed by atoms with van der Waals surface area (Å²) in [6, 6.07) is 5.82. The van der Waals surface area contributed by atoms with Crippen molar-refractivity contribution < 1.29 is 14.3 Å². The summed E-state index contributed by atoms with van der Waals surface area (Å²) < 4.78 is 5.58. The molecule has 5 heteroatoms. The summed E-state index contributed by atoms with van der Waals surface area (Å²) >= 11 is 0. The topological polar surface area (TPSA) is 49.9 Å². The molecule has 120 valence electrons. The van der Waals surface area contributed by atoms with Crippen LogP contribution in [0.3, 0.4) is 0 Å². The molecule has 0 unspecified atom stereocenters. The molecular formula is C17H24N2O3. The number of nitrogens with zero attached hydrogens (tertiary/aromatic N) is 2. The largest absolute Gasteiger partial charge is 0.484 e. The van der Waals surface area contributed by atoms with E-state index in [4.69, 9.17) is 4.74 Å². The minimum absolute atomic E-state index is 0.0261. The van der Waals surface area contributed by atoms with Gasteiger partial charge in [0.15, 0.2) is 6.61 Å². The molecule has 0 atom stereocenters. The summed E-state index contributed by atoms with van der Waals surface area (Å²) in [5, 5.41) is 0. The van der Waals surface area contributed by atoms with Gasteiger partial charge in [0.25, 0.3) is 5.91 Å². The Bertz CT molecular complexity index is 549. The smallest absolute Gasteiger partial charge is 0.260 e. The van der Waals surface area contributed by atoms with E-state index in [9.17, 15) is 9.59 Å². The molecule has 0 N–H and O–H groups in total. The van der Waals surface area contributed by atoms with Gasteiger partial charge in [-0.3, -0.25) is 9.59 Å². The second kappa shape index (κ2) is 7.29. The predicted octanol–water partition coefficient (Wildman–Crippen LogP) is 1.76. The highest BCUT2D eigenvalue weighted by molar-refractivity contribution is 5.79. The number of benzene rings is 1. The highest BCUT2D eigenvalue weighted by Crippen LogP contribution is 2.16. The lowest BCUT2D eigenvalue weighted by Gasteiger charge is -2.34. The Morgan fingerprint density at radius 2 is 1.59 bits per heavy atom. The number of piperazine rings is 1. The molecule has 0 bridgehead atoms. The van der Waals surface area contributed by atoms with E-state index >= 15 is 0 Å². The third-order valence-electron chi connectivity index (χ3n) is 4.13. The maximum Gasteiger partial charge on any atom is 0.260 e. The number of rotatable bonds is 4. The number of aryl methyl sites for hydroxylation is 2. The zero-order chi connectivity index (χ0) is 16.1. The molecule has 0 spiro atoms. The molecule has 1 fully saturated rings. The Balaban J connectivity index is 1.81. The Labute approximate surface area is 131 Å². The van der Waals surface area contributed by atoms with Crippen molar-refractivity contribution in [2.45, 2.75) is 27.2 Å². The summed E-state index contributed by atoms with van der Waals surface area (Å²) in [5.41, 5.74) is 2.35. The van der Waals surface area contributed by atoms with Crippen molar-refractivity contribution in [3.05, 3.63) is 29.3 Å². The average Bonchev–Trinajstić information content (AvgIpc) is 2.55. The lowest BCUT2D eigenvalue weighted by molar-refractivity contribution is -0.140. The third kappa shape index (κ3) is 4.00. The fourth-order valence-electron chi connectivity index (χ4n) is 2.47. The van der Waals surface area contributed by atoms with Crippen molar-refractivity contribution in [1.82, 2.24) is 9.80 Å². The number of hydrogen-bond donors (Lipinski definition) is 0. The van der Waals surface area contributed by atoms with Gasteiger partial charge in [-0.1, -0.05) is 13.0 Å². The average molecular weight is 304 g/mol. The standard InChI is InChI=1S/C17H24N2O3/c1-4-16(20)18-7-9-19(10-8-18)17(21)12-22-15-6-5-13(2)14(3)11-15/h5-6,11H,4,7-10,12H2,1-3H3. The Morgan fingerprint density at radius 3 is 2.14 bits per heavy atom. The fourth-order valence-corrected chi connectivity index (χ4v) is 2.47. The predicted molar refractivity (Wildman–Crippen MR) is 84.9 cm³/mol. The molecule has 0 aliphatic carbocycles. The molecule has 0 saturated carbocycles. The van der Waals surface area contributed by atoms with Crippen LogP contribution in [0.15, 0.2) is 18.2 Å².